The molecule has 2 aromatic carbocycles. The van der Waals surface area contributed by atoms with E-state index in [4.69, 9.17) is 19.9 Å². The van der Waals surface area contributed by atoms with Crippen molar-refractivity contribution < 1.29 is 18.7 Å². The predicted molar refractivity (Wildman–Crippen MR) is 139 cm³/mol. The van der Waals surface area contributed by atoms with Gasteiger partial charge < -0.3 is 24.4 Å². The normalized spacial score (nSPS) is 11.5. The lowest BCUT2D eigenvalue weighted by molar-refractivity contribution is -0.903. The monoisotopic (exact) mass is 463 g/mol. The van der Waals surface area contributed by atoms with Crippen LogP contribution in [-0.4, -0.2) is 57.8 Å². The Labute approximate surface area is 198 Å². The largest absolute Gasteiger partial charge is 0.491 e. The molecular weight excluding hydrogens is 419 g/mol. The number of rotatable bonds is 13. The molecule has 1 atom stereocenters. The topological polar surface area (TPSA) is 53.7 Å². The third kappa shape index (κ3) is 10.3. The van der Waals surface area contributed by atoms with Crippen LogP contribution in [0.2, 0.25) is 0 Å². The molecule has 1 unspecified atom stereocenters. The molecule has 6 heteroatoms. The Hall–Kier alpha value is -1.65. The van der Waals surface area contributed by atoms with Gasteiger partial charge in [-0.3, -0.25) is 0 Å². The van der Waals surface area contributed by atoms with Crippen molar-refractivity contribution in [3.05, 3.63) is 59.7 Å². The molecule has 0 saturated heterocycles. The Balaban J connectivity index is 0.00000249. The van der Waals surface area contributed by atoms with E-state index in [1.165, 1.54) is 11.1 Å². The third-order valence-corrected chi connectivity index (χ3v) is 5.50. The minimum Gasteiger partial charge on any atom is -0.491 e. The van der Waals surface area contributed by atoms with Crippen molar-refractivity contribution >= 4 is 9.24 Å². The van der Waals surface area contributed by atoms with Crippen LogP contribution >= 0.6 is 9.24 Å². The highest BCUT2D eigenvalue weighted by atomic mass is 31.0. The fourth-order valence-electron chi connectivity index (χ4n) is 3.10. The van der Waals surface area contributed by atoms with E-state index in [1.54, 1.807) is 0 Å². The zero-order chi connectivity index (χ0) is 24.0. The molecule has 0 spiro atoms. The summed E-state index contributed by atoms with van der Waals surface area (Å²) in [6.45, 7) is 12.6. The third-order valence-electron chi connectivity index (χ3n) is 5.26. The van der Waals surface area contributed by atoms with E-state index < -0.39 is 0 Å². The smallest absolute Gasteiger partial charge is 0.137 e. The molecule has 2 aromatic rings. The van der Waals surface area contributed by atoms with Crippen LogP contribution in [0.4, 0.5) is 0 Å². The van der Waals surface area contributed by atoms with Gasteiger partial charge in [0.25, 0.3) is 0 Å². The first-order chi connectivity index (χ1) is 15.3. The lowest BCUT2D eigenvalue weighted by Gasteiger charge is -2.30. The summed E-state index contributed by atoms with van der Waals surface area (Å²) in [4.78, 5) is 0. The number of hydrogen-bond donors (Lipinski definition) is 1. The average Bonchev–Trinajstić information content (AvgIpc) is 2.79. The van der Waals surface area contributed by atoms with Gasteiger partial charge in [-0.05, 0) is 42.0 Å². The van der Waals surface area contributed by atoms with Gasteiger partial charge in [0.15, 0.2) is 0 Å². The SMILES string of the molecule is CC.CC(C)(CN)c1ccc(OCC[N+](C)(C)Cc2ccc(OCCOCP)cc2)cc1. The van der Waals surface area contributed by atoms with Crippen molar-refractivity contribution in [1.82, 2.24) is 0 Å². The highest BCUT2D eigenvalue weighted by Gasteiger charge is 2.19. The number of hydrogen-bond acceptors (Lipinski definition) is 4. The van der Waals surface area contributed by atoms with Crippen molar-refractivity contribution in [2.45, 2.75) is 39.7 Å². The predicted octanol–water partition coefficient (Wildman–Crippen LogP) is 4.83. The highest BCUT2D eigenvalue weighted by Crippen LogP contribution is 2.24. The molecule has 0 aliphatic carbocycles. The molecule has 0 bridgehead atoms. The molecule has 0 radical (unpaired) electrons. The molecule has 0 amide bonds. The van der Waals surface area contributed by atoms with E-state index in [2.05, 4.69) is 61.4 Å². The first kappa shape index (κ1) is 28.4. The number of quaternary nitrogens is 1. The average molecular weight is 464 g/mol. The van der Waals surface area contributed by atoms with Crippen molar-refractivity contribution in [2.24, 2.45) is 5.73 Å². The second-order valence-corrected chi connectivity index (χ2v) is 9.18. The summed E-state index contributed by atoms with van der Waals surface area (Å²) in [6.07, 6.45) is 0.636. The summed E-state index contributed by atoms with van der Waals surface area (Å²) in [5.41, 5.74) is 8.36. The minimum absolute atomic E-state index is 0.0134. The summed E-state index contributed by atoms with van der Waals surface area (Å²) in [7, 11) is 6.98. The van der Waals surface area contributed by atoms with Gasteiger partial charge in [0.1, 0.15) is 37.8 Å². The zero-order valence-corrected chi connectivity index (χ0v) is 22.0. The molecule has 0 aliphatic heterocycles. The molecule has 0 aliphatic rings. The Morgan fingerprint density at radius 3 is 1.91 bits per heavy atom. The Morgan fingerprint density at radius 2 is 1.38 bits per heavy atom. The van der Waals surface area contributed by atoms with Crippen molar-refractivity contribution in [3.8, 4) is 11.5 Å². The van der Waals surface area contributed by atoms with Crippen LogP contribution in [0.25, 0.3) is 0 Å². The van der Waals surface area contributed by atoms with Gasteiger partial charge in [-0.2, -0.15) is 0 Å². The van der Waals surface area contributed by atoms with E-state index >= 15 is 0 Å². The molecular formula is C26H44N2O3P+. The molecule has 0 saturated carbocycles. The molecule has 0 fully saturated rings. The fourth-order valence-corrected chi connectivity index (χ4v) is 3.26. The van der Waals surface area contributed by atoms with Gasteiger partial charge in [0.05, 0.1) is 27.1 Å². The number of ether oxygens (including phenoxy) is 3. The maximum Gasteiger partial charge on any atom is 0.137 e. The summed E-state index contributed by atoms with van der Waals surface area (Å²) in [6, 6.07) is 16.6. The molecule has 32 heavy (non-hydrogen) atoms. The summed E-state index contributed by atoms with van der Waals surface area (Å²) in [5.74, 6) is 1.78. The number of benzene rings is 2. The van der Waals surface area contributed by atoms with Gasteiger partial charge in [0, 0.05) is 17.5 Å². The van der Waals surface area contributed by atoms with E-state index in [1.807, 2.05) is 38.1 Å². The van der Waals surface area contributed by atoms with Crippen molar-refractivity contribution in [2.75, 3.05) is 53.4 Å². The molecule has 180 valence electrons. The second kappa shape index (κ2) is 14.5. The fraction of sp³-hybridized carbons (Fsp3) is 0.538. The summed E-state index contributed by atoms with van der Waals surface area (Å²) in [5, 5.41) is 0. The van der Waals surface area contributed by atoms with Gasteiger partial charge >= 0.3 is 0 Å². The van der Waals surface area contributed by atoms with Crippen LogP contribution in [-0.2, 0) is 16.7 Å². The molecule has 2 N–H and O–H groups in total. The molecule has 2 rings (SSSR count). The molecule has 0 aromatic heterocycles. The minimum atomic E-state index is -0.0134. The van der Waals surface area contributed by atoms with Crippen molar-refractivity contribution in [3.63, 3.8) is 0 Å². The maximum absolute atomic E-state index is 5.98. The molecule has 5 nitrogen and oxygen atoms in total. The number of likely N-dealkylation sites (N-methyl/N-ethyl adjacent to an activating group) is 1. The summed E-state index contributed by atoms with van der Waals surface area (Å²) >= 11 is 0. The summed E-state index contributed by atoms with van der Waals surface area (Å²) < 4.78 is 17.8. The maximum atomic E-state index is 5.98. The standard InChI is InChI=1S/C24H38N2O3P.C2H6/c1-24(2,18-25)21-7-11-23(12-8-21)28-14-13-26(3,4)17-20-5-9-22(10-6-20)29-16-15-27-19-30;1-2/h5-12H,13-19,25,30H2,1-4H3;1-2H3/q+1;. The Morgan fingerprint density at radius 1 is 0.844 bits per heavy atom. The molecule has 0 heterocycles. The first-order valence-electron chi connectivity index (χ1n) is 11.5. The zero-order valence-electron chi connectivity index (χ0n) is 20.9. The second-order valence-electron chi connectivity index (χ2n) is 8.85. The van der Waals surface area contributed by atoms with Crippen LogP contribution in [0.5, 0.6) is 11.5 Å². The van der Waals surface area contributed by atoms with E-state index in [0.29, 0.717) is 32.7 Å². The number of nitrogens with two attached hydrogens (primary N) is 1. The van der Waals surface area contributed by atoms with Gasteiger partial charge in [0.2, 0.25) is 0 Å². The lowest BCUT2D eigenvalue weighted by atomic mass is 9.85. The number of nitrogens with zero attached hydrogens (tertiary/aromatic N) is 1. The quantitative estimate of drug-likeness (QED) is 0.263. The van der Waals surface area contributed by atoms with E-state index in [-0.39, 0.29) is 5.41 Å². The Kier molecular flexibility index (Phi) is 12.9. The Bertz CT molecular complexity index is 747. The van der Waals surface area contributed by atoms with E-state index in [0.717, 1.165) is 29.1 Å². The van der Waals surface area contributed by atoms with Gasteiger partial charge in [-0.15, -0.1) is 9.24 Å². The van der Waals surface area contributed by atoms with Crippen molar-refractivity contribution in [1.29, 1.82) is 0 Å². The van der Waals surface area contributed by atoms with E-state index in [9.17, 15) is 0 Å². The van der Waals surface area contributed by atoms with Crippen LogP contribution in [0, 0.1) is 0 Å². The van der Waals surface area contributed by atoms with Crippen LogP contribution in [0.15, 0.2) is 48.5 Å². The van der Waals surface area contributed by atoms with Gasteiger partial charge in [-0.25, -0.2) is 0 Å². The highest BCUT2D eigenvalue weighted by molar-refractivity contribution is 7.16. The van der Waals surface area contributed by atoms with Crippen LogP contribution in [0.1, 0.15) is 38.8 Å². The van der Waals surface area contributed by atoms with Gasteiger partial charge in [-0.1, -0.05) is 39.8 Å². The van der Waals surface area contributed by atoms with Crippen LogP contribution < -0.4 is 15.2 Å². The van der Waals surface area contributed by atoms with Crippen LogP contribution in [0.3, 0.4) is 0 Å². The first-order valence-corrected chi connectivity index (χ1v) is 12.3. The lowest BCUT2D eigenvalue weighted by Crippen LogP contribution is -2.41.